The third kappa shape index (κ3) is 2.13. The van der Waals surface area contributed by atoms with E-state index in [1.54, 1.807) is 0 Å². The fraction of sp³-hybridized carbons (Fsp3) is 0.417. The standard InChI is InChI=1S/C12H14BrNO2/c13-10-5-2-1-4-9(10)8-12(11(15)16)6-3-7-14-12/h1-2,4-5,14H,3,6-8H2,(H,15,16)/t12-/m1/s1. The molecule has 16 heavy (non-hydrogen) atoms. The van der Waals surface area contributed by atoms with Crippen LogP contribution >= 0.6 is 15.9 Å². The van der Waals surface area contributed by atoms with Gasteiger partial charge in [0.15, 0.2) is 0 Å². The van der Waals surface area contributed by atoms with Crippen LogP contribution in [-0.4, -0.2) is 23.2 Å². The Morgan fingerprint density at radius 2 is 2.25 bits per heavy atom. The summed E-state index contributed by atoms with van der Waals surface area (Å²) in [6, 6.07) is 7.78. The number of nitrogens with one attached hydrogen (secondary N) is 1. The van der Waals surface area contributed by atoms with Gasteiger partial charge in [0.2, 0.25) is 0 Å². The Kier molecular flexibility index (Phi) is 3.30. The molecule has 0 radical (unpaired) electrons. The van der Waals surface area contributed by atoms with Crippen LogP contribution in [-0.2, 0) is 11.2 Å². The Labute approximate surface area is 103 Å². The molecule has 0 aliphatic carbocycles. The molecule has 0 unspecified atom stereocenters. The molecule has 0 bridgehead atoms. The number of carboxylic acids is 1. The van der Waals surface area contributed by atoms with Gasteiger partial charge in [0.1, 0.15) is 5.54 Å². The lowest BCUT2D eigenvalue weighted by Gasteiger charge is -2.25. The maximum Gasteiger partial charge on any atom is 0.324 e. The summed E-state index contributed by atoms with van der Waals surface area (Å²) in [5.74, 6) is -0.749. The highest BCUT2D eigenvalue weighted by Crippen LogP contribution is 2.27. The predicted octanol–water partition coefficient (Wildman–Crippen LogP) is 2.20. The highest BCUT2D eigenvalue weighted by molar-refractivity contribution is 9.10. The Balaban J connectivity index is 2.25. The van der Waals surface area contributed by atoms with E-state index in [0.717, 1.165) is 23.0 Å². The molecular formula is C12H14BrNO2. The predicted molar refractivity (Wildman–Crippen MR) is 65.4 cm³/mol. The van der Waals surface area contributed by atoms with Crippen molar-refractivity contribution in [1.29, 1.82) is 0 Å². The summed E-state index contributed by atoms with van der Waals surface area (Å²) < 4.78 is 0.976. The monoisotopic (exact) mass is 283 g/mol. The van der Waals surface area contributed by atoms with Gasteiger partial charge in [0.25, 0.3) is 0 Å². The van der Waals surface area contributed by atoms with Gasteiger partial charge < -0.3 is 10.4 Å². The van der Waals surface area contributed by atoms with Gasteiger partial charge in [-0.25, -0.2) is 0 Å². The first-order valence-electron chi connectivity index (χ1n) is 5.36. The van der Waals surface area contributed by atoms with Gasteiger partial charge in [-0.15, -0.1) is 0 Å². The molecule has 1 saturated heterocycles. The molecule has 2 N–H and O–H groups in total. The second-order valence-electron chi connectivity index (χ2n) is 4.19. The van der Waals surface area contributed by atoms with Crippen molar-refractivity contribution in [2.45, 2.75) is 24.8 Å². The van der Waals surface area contributed by atoms with Gasteiger partial charge >= 0.3 is 5.97 Å². The Morgan fingerprint density at radius 1 is 1.50 bits per heavy atom. The molecule has 0 saturated carbocycles. The minimum atomic E-state index is -0.774. The van der Waals surface area contributed by atoms with E-state index in [2.05, 4.69) is 21.2 Å². The van der Waals surface area contributed by atoms with Gasteiger partial charge in [-0.05, 0) is 31.0 Å². The minimum Gasteiger partial charge on any atom is -0.480 e. The van der Waals surface area contributed by atoms with Gasteiger partial charge in [0.05, 0.1) is 0 Å². The molecule has 3 nitrogen and oxygen atoms in total. The van der Waals surface area contributed by atoms with Crippen molar-refractivity contribution in [3.8, 4) is 0 Å². The second-order valence-corrected chi connectivity index (χ2v) is 5.04. The summed E-state index contributed by atoms with van der Waals surface area (Å²) >= 11 is 3.46. The molecule has 1 atom stereocenters. The molecule has 86 valence electrons. The van der Waals surface area contributed by atoms with Gasteiger partial charge in [0, 0.05) is 10.9 Å². The lowest BCUT2D eigenvalue weighted by Crippen LogP contribution is -2.49. The van der Waals surface area contributed by atoms with Crippen molar-refractivity contribution in [2.24, 2.45) is 0 Å². The first kappa shape index (κ1) is 11.6. The van der Waals surface area contributed by atoms with Crippen molar-refractivity contribution < 1.29 is 9.90 Å². The molecule has 0 aromatic heterocycles. The maximum atomic E-state index is 11.4. The van der Waals surface area contributed by atoms with Crippen LogP contribution in [0.25, 0.3) is 0 Å². The van der Waals surface area contributed by atoms with Crippen LogP contribution in [0.3, 0.4) is 0 Å². The van der Waals surface area contributed by atoms with E-state index in [1.165, 1.54) is 0 Å². The van der Waals surface area contributed by atoms with Crippen molar-refractivity contribution in [3.05, 3.63) is 34.3 Å². The van der Waals surface area contributed by atoms with Gasteiger partial charge in [-0.1, -0.05) is 34.1 Å². The maximum absolute atomic E-state index is 11.4. The Bertz CT molecular complexity index is 400. The molecule has 1 fully saturated rings. The first-order chi connectivity index (χ1) is 7.64. The van der Waals surface area contributed by atoms with E-state index >= 15 is 0 Å². The van der Waals surface area contributed by atoms with E-state index in [1.807, 2.05) is 24.3 Å². The number of benzene rings is 1. The Morgan fingerprint density at radius 3 is 2.81 bits per heavy atom. The number of aliphatic carboxylic acids is 1. The molecule has 4 heteroatoms. The van der Waals surface area contributed by atoms with Gasteiger partial charge in [-0.3, -0.25) is 4.79 Å². The van der Waals surface area contributed by atoms with Crippen LogP contribution < -0.4 is 5.32 Å². The number of hydrogen-bond donors (Lipinski definition) is 2. The molecule has 1 aromatic carbocycles. The second kappa shape index (κ2) is 4.55. The number of hydrogen-bond acceptors (Lipinski definition) is 2. The SMILES string of the molecule is O=C(O)[C@]1(Cc2ccccc2Br)CCCN1. The molecule has 0 spiro atoms. The molecule has 1 aliphatic heterocycles. The molecule has 0 amide bonds. The normalized spacial score (nSPS) is 24.6. The fourth-order valence-electron chi connectivity index (χ4n) is 2.18. The Hall–Kier alpha value is -0.870. The topological polar surface area (TPSA) is 49.3 Å². The smallest absolute Gasteiger partial charge is 0.324 e. The van der Waals surface area contributed by atoms with Crippen LogP contribution in [0.4, 0.5) is 0 Å². The van der Waals surface area contributed by atoms with Crippen LogP contribution in [0.15, 0.2) is 28.7 Å². The zero-order chi connectivity index (χ0) is 11.6. The van der Waals surface area contributed by atoms with E-state index in [0.29, 0.717) is 12.8 Å². The molecule has 1 aromatic rings. The summed E-state index contributed by atoms with van der Waals surface area (Å²) in [6.45, 7) is 0.788. The summed E-state index contributed by atoms with van der Waals surface area (Å²) in [6.07, 6.45) is 2.16. The zero-order valence-corrected chi connectivity index (χ0v) is 10.5. The third-order valence-corrected chi connectivity index (χ3v) is 3.88. The summed E-state index contributed by atoms with van der Waals surface area (Å²) in [4.78, 5) is 11.4. The zero-order valence-electron chi connectivity index (χ0n) is 8.87. The van der Waals surface area contributed by atoms with E-state index in [4.69, 9.17) is 0 Å². The number of rotatable bonds is 3. The van der Waals surface area contributed by atoms with E-state index < -0.39 is 11.5 Å². The first-order valence-corrected chi connectivity index (χ1v) is 6.15. The molecule has 1 heterocycles. The highest BCUT2D eigenvalue weighted by atomic mass is 79.9. The highest BCUT2D eigenvalue weighted by Gasteiger charge is 2.41. The van der Waals surface area contributed by atoms with Crippen LogP contribution in [0.5, 0.6) is 0 Å². The number of halogens is 1. The molecule has 1 aliphatic rings. The lowest BCUT2D eigenvalue weighted by atomic mass is 9.89. The van der Waals surface area contributed by atoms with Crippen molar-refractivity contribution in [2.75, 3.05) is 6.54 Å². The van der Waals surface area contributed by atoms with Crippen LogP contribution in [0.1, 0.15) is 18.4 Å². The van der Waals surface area contributed by atoms with Crippen molar-refractivity contribution >= 4 is 21.9 Å². The van der Waals surface area contributed by atoms with E-state index in [9.17, 15) is 9.90 Å². The van der Waals surface area contributed by atoms with Crippen LogP contribution in [0, 0.1) is 0 Å². The summed E-state index contributed by atoms with van der Waals surface area (Å²) in [5.41, 5.74) is 0.267. The number of carbonyl (C=O) groups is 1. The number of carboxylic acid groups (broad SMARTS) is 1. The minimum absolute atomic E-state index is 0.532. The average Bonchev–Trinajstić information content (AvgIpc) is 2.71. The summed E-state index contributed by atoms with van der Waals surface area (Å²) in [5, 5.41) is 12.5. The third-order valence-electron chi connectivity index (χ3n) is 3.10. The average molecular weight is 284 g/mol. The quantitative estimate of drug-likeness (QED) is 0.894. The van der Waals surface area contributed by atoms with E-state index in [-0.39, 0.29) is 0 Å². The molecular weight excluding hydrogens is 270 g/mol. The molecule has 2 rings (SSSR count). The van der Waals surface area contributed by atoms with Crippen molar-refractivity contribution in [3.63, 3.8) is 0 Å². The van der Waals surface area contributed by atoms with Crippen molar-refractivity contribution in [1.82, 2.24) is 5.32 Å². The van der Waals surface area contributed by atoms with Crippen LogP contribution in [0.2, 0.25) is 0 Å². The lowest BCUT2D eigenvalue weighted by molar-refractivity contribution is -0.144. The largest absolute Gasteiger partial charge is 0.480 e. The summed E-state index contributed by atoms with van der Waals surface area (Å²) in [7, 11) is 0. The van der Waals surface area contributed by atoms with Gasteiger partial charge in [-0.2, -0.15) is 0 Å². The fourth-order valence-corrected chi connectivity index (χ4v) is 2.61.